The molecule has 116 valence electrons. The fourth-order valence-corrected chi connectivity index (χ4v) is 1.59. The van der Waals surface area contributed by atoms with Crippen molar-refractivity contribution in [1.29, 1.82) is 0 Å². The molecule has 4 nitrogen and oxygen atoms in total. The minimum Gasteiger partial charge on any atom is -0.461 e. The SMILES string of the molecule is C=C(C)C(=O)OCC1(C)COC(O)(C(F)(F)F)C1(F)F. The van der Waals surface area contributed by atoms with Gasteiger partial charge < -0.3 is 14.6 Å². The van der Waals surface area contributed by atoms with E-state index in [1.165, 1.54) is 6.92 Å². The van der Waals surface area contributed by atoms with Gasteiger partial charge in [-0.05, 0) is 13.8 Å². The Bertz CT molecular complexity index is 433. The molecule has 0 aliphatic carbocycles. The molecule has 9 heteroatoms. The van der Waals surface area contributed by atoms with Crippen LogP contribution < -0.4 is 0 Å². The molecule has 1 fully saturated rings. The molecule has 1 N–H and O–H groups in total. The lowest BCUT2D eigenvalue weighted by Crippen LogP contribution is -2.61. The number of ether oxygens (including phenoxy) is 2. The fourth-order valence-electron chi connectivity index (χ4n) is 1.59. The number of rotatable bonds is 3. The Kier molecular flexibility index (Phi) is 3.92. The van der Waals surface area contributed by atoms with E-state index in [-0.39, 0.29) is 5.57 Å². The van der Waals surface area contributed by atoms with Crippen LogP contribution in [0.25, 0.3) is 0 Å². The van der Waals surface area contributed by atoms with E-state index in [0.29, 0.717) is 0 Å². The van der Waals surface area contributed by atoms with Gasteiger partial charge >= 0.3 is 23.9 Å². The molecule has 2 atom stereocenters. The van der Waals surface area contributed by atoms with Crippen LogP contribution >= 0.6 is 0 Å². The Balaban J connectivity index is 2.99. The molecule has 1 heterocycles. The summed E-state index contributed by atoms with van der Waals surface area (Å²) in [6.07, 6.45) is -5.69. The second kappa shape index (κ2) is 4.66. The summed E-state index contributed by atoms with van der Waals surface area (Å²) in [4.78, 5) is 11.1. The summed E-state index contributed by atoms with van der Waals surface area (Å²) in [5.74, 6) is -10.3. The summed E-state index contributed by atoms with van der Waals surface area (Å²) in [5.41, 5.74) is -2.61. The molecule has 0 aromatic rings. The second-order valence-corrected chi connectivity index (χ2v) is 4.92. The molecule has 1 aliphatic heterocycles. The van der Waals surface area contributed by atoms with Crippen molar-refractivity contribution >= 4 is 5.97 Å². The lowest BCUT2D eigenvalue weighted by Gasteiger charge is -2.35. The topological polar surface area (TPSA) is 55.8 Å². The lowest BCUT2D eigenvalue weighted by atomic mass is 9.83. The monoisotopic (exact) mass is 304 g/mol. The first kappa shape index (κ1) is 16.8. The highest BCUT2D eigenvalue weighted by atomic mass is 19.4. The Hall–Kier alpha value is -1.22. The number of carbonyl (C=O) groups excluding carboxylic acids is 1. The van der Waals surface area contributed by atoms with Crippen molar-refractivity contribution in [3.8, 4) is 0 Å². The molecular formula is C11H13F5O4. The van der Waals surface area contributed by atoms with E-state index in [1.54, 1.807) is 0 Å². The van der Waals surface area contributed by atoms with Gasteiger partial charge in [0.2, 0.25) is 0 Å². The van der Waals surface area contributed by atoms with Crippen molar-refractivity contribution in [1.82, 2.24) is 0 Å². The van der Waals surface area contributed by atoms with E-state index in [2.05, 4.69) is 16.1 Å². The van der Waals surface area contributed by atoms with Gasteiger partial charge in [0.05, 0.1) is 12.0 Å². The van der Waals surface area contributed by atoms with E-state index in [1.807, 2.05) is 0 Å². The first-order chi connectivity index (χ1) is 8.78. The molecule has 0 saturated carbocycles. The summed E-state index contributed by atoms with van der Waals surface area (Å²) in [7, 11) is 0. The second-order valence-electron chi connectivity index (χ2n) is 4.92. The summed E-state index contributed by atoms with van der Waals surface area (Å²) in [5, 5.41) is 9.11. The summed E-state index contributed by atoms with van der Waals surface area (Å²) < 4.78 is 73.7. The smallest absolute Gasteiger partial charge is 0.449 e. The molecule has 0 radical (unpaired) electrons. The van der Waals surface area contributed by atoms with Gasteiger partial charge in [-0.2, -0.15) is 22.0 Å². The first-order valence-electron chi connectivity index (χ1n) is 5.42. The highest BCUT2D eigenvalue weighted by molar-refractivity contribution is 5.86. The summed E-state index contributed by atoms with van der Waals surface area (Å²) in [6.45, 7) is 3.00. The molecular weight excluding hydrogens is 291 g/mol. The van der Waals surface area contributed by atoms with Crippen LogP contribution in [0.15, 0.2) is 12.2 Å². The van der Waals surface area contributed by atoms with Crippen molar-refractivity contribution in [3.05, 3.63) is 12.2 Å². The van der Waals surface area contributed by atoms with Crippen LogP contribution in [0.4, 0.5) is 22.0 Å². The maximum absolute atomic E-state index is 13.9. The van der Waals surface area contributed by atoms with Gasteiger partial charge in [0.15, 0.2) is 0 Å². The van der Waals surface area contributed by atoms with Crippen molar-refractivity contribution in [2.75, 3.05) is 13.2 Å². The molecule has 0 aromatic carbocycles. The minimum absolute atomic E-state index is 0.0954. The largest absolute Gasteiger partial charge is 0.461 e. The Morgan fingerprint density at radius 3 is 2.30 bits per heavy atom. The highest BCUT2D eigenvalue weighted by Crippen LogP contribution is 2.57. The van der Waals surface area contributed by atoms with Gasteiger partial charge in [-0.3, -0.25) is 0 Å². The van der Waals surface area contributed by atoms with Gasteiger partial charge in [0, 0.05) is 5.57 Å². The minimum atomic E-state index is -5.69. The molecule has 1 aliphatic rings. The molecule has 0 amide bonds. The molecule has 0 spiro atoms. The average Bonchev–Trinajstić information content (AvgIpc) is 2.47. The molecule has 1 rings (SSSR count). The number of aliphatic hydroxyl groups is 1. The van der Waals surface area contributed by atoms with Crippen molar-refractivity contribution in [2.45, 2.75) is 31.7 Å². The van der Waals surface area contributed by atoms with Gasteiger partial charge in [-0.25, -0.2) is 4.79 Å². The highest BCUT2D eigenvalue weighted by Gasteiger charge is 2.81. The van der Waals surface area contributed by atoms with Gasteiger partial charge in [0.25, 0.3) is 0 Å². The Labute approximate surface area is 111 Å². The Morgan fingerprint density at radius 1 is 1.45 bits per heavy atom. The molecule has 0 bridgehead atoms. The van der Waals surface area contributed by atoms with Crippen LogP contribution in [0.1, 0.15) is 13.8 Å². The normalized spacial score (nSPS) is 33.0. The summed E-state index contributed by atoms with van der Waals surface area (Å²) >= 11 is 0. The molecule has 2 unspecified atom stereocenters. The van der Waals surface area contributed by atoms with Crippen molar-refractivity contribution < 1.29 is 41.3 Å². The van der Waals surface area contributed by atoms with Crippen LogP contribution in [0.3, 0.4) is 0 Å². The third kappa shape index (κ3) is 2.28. The van der Waals surface area contributed by atoms with Crippen LogP contribution in [-0.2, 0) is 14.3 Å². The van der Waals surface area contributed by atoms with Gasteiger partial charge in [-0.1, -0.05) is 6.58 Å². The maximum Gasteiger partial charge on any atom is 0.449 e. The number of hydrogen-bond donors (Lipinski definition) is 1. The van der Waals surface area contributed by atoms with E-state index in [9.17, 15) is 26.7 Å². The number of esters is 1. The van der Waals surface area contributed by atoms with E-state index in [0.717, 1.165) is 6.92 Å². The van der Waals surface area contributed by atoms with Crippen LogP contribution in [0.5, 0.6) is 0 Å². The summed E-state index contributed by atoms with van der Waals surface area (Å²) in [6, 6.07) is 0. The predicted molar refractivity (Wildman–Crippen MR) is 55.8 cm³/mol. The fraction of sp³-hybridized carbons (Fsp3) is 0.727. The van der Waals surface area contributed by atoms with E-state index >= 15 is 0 Å². The van der Waals surface area contributed by atoms with Crippen molar-refractivity contribution in [3.63, 3.8) is 0 Å². The number of hydrogen-bond acceptors (Lipinski definition) is 4. The van der Waals surface area contributed by atoms with Crippen LogP contribution in [0.2, 0.25) is 0 Å². The lowest BCUT2D eigenvalue weighted by molar-refractivity contribution is -0.408. The third-order valence-corrected chi connectivity index (χ3v) is 3.04. The van der Waals surface area contributed by atoms with Crippen LogP contribution in [0, 0.1) is 5.41 Å². The number of halogens is 5. The predicted octanol–water partition coefficient (Wildman–Crippen LogP) is 2.03. The average molecular weight is 304 g/mol. The standard InChI is InChI=1S/C11H13F5O4/c1-6(2)7(17)19-4-8(3)5-20-10(18,9(8,12)13)11(14,15)16/h18H,1,4-5H2,2-3H3. The van der Waals surface area contributed by atoms with Crippen LogP contribution in [-0.4, -0.2) is 42.2 Å². The maximum atomic E-state index is 13.9. The zero-order valence-electron chi connectivity index (χ0n) is 10.7. The van der Waals surface area contributed by atoms with Crippen molar-refractivity contribution in [2.24, 2.45) is 5.41 Å². The zero-order chi connectivity index (χ0) is 16.0. The molecule has 1 saturated heterocycles. The first-order valence-corrected chi connectivity index (χ1v) is 5.42. The number of alkyl halides is 5. The van der Waals surface area contributed by atoms with E-state index in [4.69, 9.17) is 5.11 Å². The van der Waals surface area contributed by atoms with E-state index < -0.39 is 42.5 Å². The van der Waals surface area contributed by atoms with Gasteiger partial charge in [0.1, 0.15) is 6.61 Å². The quantitative estimate of drug-likeness (QED) is 0.492. The van der Waals surface area contributed by atoms with Gasteiger partial charge in [-0.15, -0.1) is 0 Å². The molecule has 0 aromatic heterocycles. The third-order valence-electron chi connectivity index (χ3n) is 3.04. The molecule has 20 heavy (non-hydrogen) atoms. The Morgan fingerprint density at radius 2 is 1.95 bits per heavy atom. The zero-order valence-corrected chi connectivity index (χ0v) is 10.7. The number of carbonyl (C=O) groups is 1.